The van der Waals surface area contributed by atoms with Crippen molar-refractivity contribution in [2.24, 2.45) is 0 Å². The molecule has 0 amide bonds. The van der Waals surface area contributed by atoms with Crippen LogP contribution < -0.4 is 5.46 Å². The van der Waals surface area contributed by atoms with Gasteiger partial charge in [0.15, 0.2) is 0 Å². The first-order valence-electron chi connectivity index (χ1n) is 9.17. The van der Waals surface area contributed by atoms with Crippen molar-refractivity contribution in [3.05, 3.63) is 91.0 Å². The normalized spacial score (nSPS) is 11.2. The van der Waals surface area contributed by atoms with Gasteiger partial charge in [-0.05, 0) is 52.0 Å². The number of hydrogen-bond donors (Lipinski definition) is 2. The van der Waals surface area contributed by atoms with Gasteiger partial charge in [-0.3, -0.25) is 0 Å². The molecule has 3 nitrogen and oxygen atoms in total. The van der Waals surface area contributed by atoms with Gasteiger partial charge in [0, 0.05) is 10.8 Å². The van der Waals surface area contributed by atoms with E-state index in [1.807, 2.05) is 30.3 Å². The largest absolute Gasteiger partial charge is 0.488 e. The summed E-state index contributed by atoms with van der Waals surface area (Å²) in [5.41, 5.74) is 6.46. The van der Waals surface area contributed by atoms with Gasteiger partial charge in [-0.2, -0.15) is 0 Å². The van der Waals surface area contributed by atoms with Gasteiger partial charge in [-0.25, -0.2) is 0 Å². The Morgan fingerprint density at radius 1 is 0.536 bits per heavy atom. The van der Waals surface area contributed by atoms with Gasteiger partial charge in [0.2, 0.25) is 0 Å². The fourth-order valence-electron chi connectivity index (χ4n) is 3.64. The number of furan rings is 1. The van der Waals surface area contributed by atoms with Gasteiger partial charge in [0.25, 0.3) is 0 Å². The Bertz CT molecular complexity index is 1290. The summed E-state index contributed by atoms with van der Waals surface area (Å²) < 4.78 is 5.90. The highest BCUT2D eigenvalue weighted by molar-refractivity contribution is 6.58. The predicted octanol–water partition coefficient (Wildman–Crippen LogP) is 4.60. The summed E-state index contributed by atoms with van der Waals surface area (Å²) in [5.74, 6) is 0. The van der Waals surface area contributed by atoms with E-state index in [1.165, 1.54) is 11.1 Å². The minimum Gasteiger partial charge on any atom is -0.456 e. The number of fused-ring (bicyclic) bond motifs is 3. The van der Waals surface area contributed by atoms with Crippen LogP contribution in [0.5, 0.6) is 0 Å². The van der Waals surface area contributed by atoms with Crippen LogP contribution in [0, 0.1) is 0 Å². The van der Waals surface area contributed by atoms with Crippen molar-refractivity contribution in [3.63, 3.8) is 0 Å². The molecule has 1 heterocycles. The second-order valence-corrected chi connectivity index (χ2v) is 6.89. The van der Waals surface area contributed by atoms with E-state index in [-0.39, 0.29) is 0 Å². The Balaban J connectivity index is 1.63. The molecule has 4 aromatic carbocycles. The second-order valence-electron chi connectivity index (χ2n) is 6.89. The third-order valence-electron chi connectivity index (χ3n) is 5.10. The van der Waals surface area contributed by atoms with Gasteiger partial charge in [0.05, 0.1) is 0 Å². The molecule has 0 atom stereocenters. The molecule has 0 saturated heterocycles. The van der Waals surface area contributed by atoms with Crippen LogP contribution in [0.3, 0.4) is 0 Å². The highest BCUT2D eigenvalue weighted by Gasteiger charge is 2.15. The van der Waals surface area contributed by atoms with E-state index in [4.69, 9.17) is 4.42 Å². The molecule has 0 aliphatic carbocycles. The molecular weight excluding hydrogens is 347 g/mol. The van der Waals surface area contributed by atoms with E-state index in [9.17, 15) is 10.0 Å². The summed E-state index contributed by atoms with van der Waals surface area (Å²) in [4.78, 5) is 0. The summed E-state index contributed by atoms with van der Waals surface area (Å²) in [5, 5.41) is 20.7. The van der Waals surface area contributed by atoms with Crippen molar-refractivity contribution < 1.29 is 14.5 Å². The molecule has 0 unspecified atom stereocenters. The Labute approximate surface area is 162 Å². The zero-order valence-corrected chi connectivity index (χ0v) is 15.0. The first-order chi connectivity index (χ1) is 13.7. The van der Waals surface area contributed by atoms with Crippen LogP contribution in [0.4, 0.5) is 0 Å². The van der Waals surface area contributed by atoms with Crippen LogP contribution in [0.2, 0.25) is 0 Å². The van der Waals surface area contributed by atoms with Gasteiger partial charge >= 0.3 is 7.12 Å². The third kappa shape index (κ3) is 2.89. The van der Waals surface area contributed by atoms with Gasteiger partial charge < -0.3 is 14.5 Å². The van der Waals surface area contributed by atoms with Crippen molar-refractivity contribution in [2.45, 2.75) is 0 Å². The minimum atomic E-state index is -1.51. The lowest BCUT2D eigenvalue weighted by molar-refractivity contribution is 0.425. The molecule has 1 aromatic heterocycles. The Kier molecular flexibility index (Phi) is 4.01. The van der Waals surface area contributed by atoms with Crippen molar-refractivity contribution in [2.75, 3.05) is 0 Å². The zero-order chi connectivity index (χ0) is 19.1. The Morgan fingerprint density at radius 2 is 1.25 bits per heavy atom. The predicted molar refractivity (Wildman–Crippen MR) is 114 cm³/mol. The lowest BCUT2D eigenvalue weighted by atomic mass is 9.80. The van der Waals surface area contributed by atoms with Crippen LogP contribution >= 0.6 is 0 Å². The van der Waals surface area contributed by atoms with Crippen molar-refractivity contribution in [3.8, 4) is 22.3 Å². The maximum absolute atomic E-state index is 9.38. The summed E-state index contributed by atoms with van der Waals surface area (Å²) in [6.07, 6.45) is 0. The van der Waals surface area contributed by atoms with Crippen molar-refractivity contribution in [1.82, 2.24) is 0 Å². The monoisotopic (exact) mass is 364 g/mol. The first kappa shape index (κ1) is 16.8. The van der Waals surface area contributed by atoms with Crippen LogP contribution in [-0.4, -0.2) is 17.2 Å². The molecule has 0 saturated carbocycles. The molecular formula is C24H17BO3. The van der Waals surface area contributed by atoms with E-state index < -0.39 is 7.12 Å². The fraction of sp³-hybridized carbons (Fsp3) is 0. The van der Waals surface area contributed by atoms with E-state index in [2.05, 4.69) is 48.5 Å². The molecule has 134 valence electrons. The number of rotatable bonds is 3. The molecule has 0 bridgehead atoms. The molecule has 4 heteroatoms. The van der Waals surface area contributed by atoms with Gasteiger partial charge in [-0.1, -0.05) is 66.7 Å². The fourth-order valence-corrected chi connectivity index (χ4v) is 3.64. The van der Waals surface area contributed by atoms with E-state index in [0.717, 1.165) is 27.5 Å². The quantitative estimate of drug-likeness (QED) is 0.460. The summed E-state index contributed by atoms with van der Waals surface area (Å²) in [6, 6.07) is 30.2. The topological polar surface area (TPSA) is 53.6 Å². The van der Waals surface area contributed by atoms with Gasteiger partial charge in [-0.15, -0.1) is 0 Å². The third-order valence-corrected chi connectivity index (χ3v) is 5.10. The Morgan fingerprint density at radius 3 is 2.04 bits per heavy atom. The smallest absolute Gasteiger partial charge is 0.456 e. The average Bonchev–Trinajstić information content (AvgIpc) is 3.11. The van der Waals surface area contributed by atoms with E-state index in [1.54, 1.807) is 12.1 Å². The van der Waals surface area contributed by atoms with Crippen LogP contribution in [0.25, 0.3) is 44.2 Å². The molecule has 0 aliphatic heterocycles. The SMILES string of the molecule is OB(O)c1ccc2c(c1)oc1ccc(-c3cccc(-c4ccccc4)c3)cc12. The van der Waals surface area contributed by atoms with Crippen LogP contribution in [0.1, 0.15) is 0 Å². The number of benzene rings is 4. The van der Waals surface area contributed by atoms with Crippen molar-refractivity contribution >= 4 is 34.5 Å². The zero-order valence-electron chi connectivity index (χ0n) is 15.0. The molecule has 0 fully saturated rings. The number of hydrogen-bond acceptors (Lipinski definition) is 3. The summed E-state index contributed by atoms with van der Waals surface area (Å²) in [7, 11) is -1.51. The summed E-state index contributed by atoms with van der Waals surface area (Å²) in [6.45, 7) is 0. The van der Waals surface area contributed by atoms with Gasteiger partial charge in [0.1, 0.15) is 11.2 Å². The molecule has 0 spiro atoms. The highest BCUT2D eigenvalue weighted by Crippen LogP contribution is 2.33. The minimum absolute atomic E-state index is 0.419. The molecule has 0 radical (unpaired) electrons. The second kappa shape index (κ2) is 6.68. The molecule has 5 rings (SSSR count). The lowest BCUT2D eigenvalue weighted by Crippen LogP contribution is -2.29. The van der Waals surface area contributed by atoms with Crippen molar-refractivity contribution in [1.29, 1.82) is 0 Å². The molecule has 2 N–H and O–H groups in total. The van der Waals surface area contributed by atoms with Crippen LogP contribution in [-0.2, 0) is 0 Å². The standard InChI is InChI=1S/C24H17BO3/c26-25(27)20-10-11-21-22-14-19(9-12-23(22)28-24(21)15-20)18-8-4-7-17(13-18)16-5-2-1-3-6-16/h1-15,26-27H. The Hall–Kier alpha value is -3.34. The maximum atomic E-state index is 9.38. The maximum Gasteiger partial charge on any atom is 0.488 e. The first-order valence-corrected chi connectivity index (χ1v) is 9.17. The lowest BCUT2D eigenvalue weighted by Gasteiger charge is -2.06. The summed E-state index contributed by atoms with van der Waals surface area (Å²) >= 11 is 0. The average molecular weight is 364 g/mol. The van der Waals surface area contributed by atoms with E-state index >= 15 is 0 Å². The molecule has 0 aliphatic rings. The van der Waals surface area contributed by atoms with Crippen LogP contribution in [0.15, 0.2) is 95.4 Å². The molecule has 5 aromatic rings. The highest BCUT2D eigenvalue weighted by atomic mass is 16.4. The molecule has 28 heavy (non-hydrogen) atoms. The van der Waals surface area contributed by atoms with E-state index in [0.29, 0.717) is 11.0 Å².